The number of carbonyl (C=O) groups excluding carboxylic acids is 2. The van der Waals surface area contributed by atoms with Crippen LogP contribution >= 0.6 is 11.8 Å². The van der Waals surface area contributed by atoms with Crippen LogP contribution in [0.2, 0.25) is 0 Å². The lowest BCUT2D eigenvalue weighted by Crippen LogP contribution is -2.33. The van der Waals surface area contributed by atoms with Crippen LogP contribution in [0, 0.1) is 5.82 Å². The third kappa shape index (κ3) is 5.74. The highest BCUT2D eigenvalue weighted by Crippen LogP contribution is 2.13. The van der Waals surface area contributed by atoms with Gasteiger partial charge in [0.2, 0.25) is 5.91 Å². The van der Waals surface area contributed by atoms with E-state index in [0.29, 0.717) is 5.75 Å². The number of benzene rings is 1. The second-order valence-electron chi connectivity index (χ2n) is 3.95. The zero-order valence-corrected chi connectivity index (χ0v) is 11.7. The van der Waals surface area contributed by atoms with Crippen molar-refractivity contribution in [3.63, 3.8) is 0 Å². The molecule has 1 aromatic carbocycles. The molecule has 104 valence electrons. The quantitative estimate of drug-likeness (QED) is 0.746. The van der Waals surface area contributed by atoms with Gasteiger partial charge in [-0.2, -0.15) is 0 Å². The molecule has 1 amide bonds. The molecule has 0 atom stereocenters. The van der Waals surface area contributed by atoms with Crippen LogP contribution in [0.15, 0.2) is 24.3 Å². The summed E-state index contributed by atoms with van der Waals surface area (Å²) in [6, 6.07) is 6.15. The number of nitrogens with zero attached hydrogens (tertiary/aromatic N) is 1. The van der Waals surface area contributed by atoms with Crippen molar-refractivity contribution in [1.82, 2.24) is 4.90 Å². The SMILES string of the molecule is COC(=O)CN(C)C(=O)CSCc1ccc(F)cc1. The summed E-state index contributed by atoms with van der Waals surface area (Å²) in [6.07, 6.45) is 0. The summed E-state index contributed by atoms with van der Waals surface area (Å²) >= 11 is 1.42. The second kappa shape index (κ2) is 7.78. The van der Waals surface area contributed by atoms with E-state index in [4.69, 9.17) is 0 Å². The highest BCUT2D eigenvalue weighted by atomic mass is 32.2. The molecule has 1 rings (SSSR count). The smallest absolute Gasteiger partial charge is 0.325 e. The van der Waals surface area contributed by atoms with Crippen molar-refractivity contribution in [3.05, 3.63) is 35.6 Å². The fourth-order valence-corrected chi connectivity index (χ4v) is 2.22. The molecule has 0 aromatic heterocycles. The molecule has 0 fully saturated rings. The molecule has 6 heteroatoms. The Labute approximate surface area is 115 Å². The summed E-state index contributed by atoms with van der Waals surface area (Å²) in [4.78, 5) is 24.0. The van der Waals surface area contributed by atoms with E-state index in [9.17, 15) is 14.0 Å². The van der Waals surface area contributed by atoms with Crippen molar-refractivity contribution in [2.45, 2.75) is 5.75 Å². The van der Waals surface area contributed by atoms with Crippen LogP contribution in [0.5, 0.6) is 0 Å². The van der Waals surface area contributed by atoms with Crippen LogP contribution < -0.4 is 0 Å². The molecular weight excluding hydrogens is 269 g/mol. The van der Waals surface area contributed by atoms with Gasteiger partial charge in [-0.05, 0) is 17.7 Å². The molecule has 0 saturated carbocycles. The van der Waals surface area contributed by atoms with Gasteiger partial charge in [-0.3, -0.25) is 9.59 Å². The summed E-state index contributed by atoms with van der Waals surface area (Å²) < 4.78 is 17.2. The molecule has 0 spiro atoms. The maximum Gasteiger partial charge on any atom is 0.325 e. The fraction of sp³-hybridized carbons (Fsp3) is 0.385. The van der Waals surface area contributed by atoms with E-state index in [0.717, 1.165) is 5.56 Å². The standard InChI is InChI=1S/C13H16FNO3S/c1-15(7-13(17)18-2)12(16)9-19-8-10-3-5-11(14)6-4-10/h3-6H,7-9H2,1-2H3. The molecule has 0 aliphatic carbocycles. The molecular formula is C13H16FNO3S. The molecule has 0 aliphatic heterocycles. The summed E-state index contributed by atoms with van der Waals surface area (Å²) in [5.41, 5.74) is 0.954. The van der Waals surface area contributed by atoms with Crippen LogP contribution in [0.3, 0.4) is 0 Å². The van der Waals surface area contributed by atoms with E-state index >= 15 is 0 Å². The number of thioether (sulfide) groups is 1. The topological polar surface area (TPSA) is 46.6 Å². The van der Waals surface area contributed by atoms with Crippen LogP contribution in [-0.2, 0) is 20.1 Å². The molecule has 0 N–H and O–H groups in total. The van der Waals surface area contributed by atoms with Crippen LogP contribution in [0.4, 0.5) is 4.39 Å². The Balaban J connectivity index is 2.30. The van der Waals surface area contributed by atoms with E-state index in [1.54, 1.807) is 19.2 Å². The van der Waals surface area contributed by atoms with E-state index in [2.05, 4.69) is 4.74 Å². The Morgan fingerprint density at radius 3 is 2.53 bits per heavy atom. The second-order valence-corrected chi connectivity index (χ2v) is 4.93. The molecule has 4 nitrogen and oxygen atoms in total. The number of esters is 1. The van der Waals surface area contributed by atoms with Gasteiger partial charge in [0.05, 0.1) is 12.9 Å². The number of methoxy groups -OCH3 is 1. The largest absolute Gasteiger partial charge is 0.468 e. The van der Waals surface area contributed by atoms with Crippen molar-refractivity contribution >= 4 is 23.6 Å². The van der Waals surface area contributed by atoms with E-state index in [1.807, 2.05) is 0 Å². The van der Waals surface area contributed by atoms with Gasteiger partial charge in [0.1, 0.15) is 12.4 Å². The zero-order chi connectivity index (χ0) is 14.3. The van der Waals surface area contributed by atoms with Crippen molar-refractivity contribution in [3.8, 4) is 0 Å². The molecule has 0 radical (unpaired) electrons. The minimum atomic E-state index is -0.445. The first-order chi connectivity index (χ1) is 9.02. The first kappa shape index (κ1) is 15.5. The first-order valence-corrected chi connectivity index (χ1v) is 6.81. The Kier molecular flexibility index (Phi) is 6.35. The van der Waals surface area contributed by atoms with Crippen LogP contribution in [0.25, 0.3) is 0 Å². The van der Waals surface area contributed by atoms with Gasteiger partial charge < -0.3 is 9.64 Å². The molecule has 1 aromatic rings. The third-order valence-electron chi connectivity index (χ3n) is 2.43. The van der Waals surface area contributed by atoms with Gasteiger partial charge in [0.25, 0.3) is 0 Å². The van der Waals surface area contributed by atoms with E-state index in [1.165, 1.54) is 35.9 Å². The highest BCUT2D eigenvalue weighted by molar-refractivity contribution is 7.99. The number of rotatable bonds is 6. The predicted molar refractivity (Wildman–Crippen MR) is 72.2 cm³/mol. The normalized spacial score (nSPS) is 10.1. The first-order valence-electron chi connectivity index (χ1n) is 5.66. The Morgan fingerprint density at radius 2 is 1.95 bits per heavy atom. The molecule has 0 saturated heterocycles. The number of carbonyl (C=O) groups is 2. The Morgan fingerprint density at radius 1 is 1.32 bits per heavy atom. The minimum absolute atomic E-state index is 0.0492. The van der Waals surface area contributed by atoms with Gasteiger partial charge in [0.15, 0.2) is 0 Å². The maximum absolute atomic E-state index is 12.7. The summed E-state index contributed by atoms with van der Waals surface area (Å²) in [5, 5.41) is 0. The summed E-state index contributed by atoms with van der Waals surface area (Å²) in [5.74, 6) is 0.0303. The lowest BCUT2D eigenvalue weighted by Gasteiger charge is -2.15. The number of ether oxygens (including phenoxy) is 1. The number of likely N-dealkylation sites (N-methyl/N-ethyl adjacent to an activating group) is 1. The van der Waals surface area contributed by atoms with Gasteiger partial charge in [-0.25, -0.2) is 4.39 Å². The van der Waals surface area contributed by atoms with Crippen LogP contribution in [0.1, 0.15) is 5.56 Å². The lowest BCUT2D eigenvalue weighted by atomic mass is 10.2. The zero-order valence-electron chi connectivity index (χ0n) is 10.9. The van der Waals surface area contributed by atoms with Crippen molar-refractivity contribution in [1.29, 1.82) is 0 Å². The summed E-state index contributed by atoms with van der Waals surface area (Å²) in [6.45, 7) is -0.0492. The fourth-order valence-electron chi connectivity index (χ4n) is 1.29. The predicted octanol–water partition coefficient (Wildman–Crippen LogP) is 1.69. The molecule has 0 heterocycles. The molecule has 0 unspecified atom stereocenters. The van der Waals surface area contributed by atoms with Gasteiger partial charge in [0, 0.05) is 12.8 Å². The molecule has 0 aliphatic rings. The van der Waals surface area contributed by atoms with E-state index in [-0.39, 0.29) is 24.0 Å². The van der Waals surface area contributed by atoms with Crippen molar-refractivity contribution in [2.24, 2.45) is 0 Å². The Hall–Kier alpha value is -1.56. The van der Waals surface area contributed by atoms with Crippen LogP contribution in [-0.4, -0.2) is 43.2 Å². The summed E-state index contributed by atoms with van der Waals surface area (Å²) in [7, 11) is 2.83. The third-order valence-corrected chi connectivity index (χ3v) is 3.42. The molecule has 19 heavy (non-hydrogen) atoms. The maximum atomic E-state index is 12.7. The number of hydrogen-bond donors (Lipinski definition) is 0. The lowest BCUT2D eigenvalue weighted by molar-refractivity contribution is -0.145. The monoisotopic (exact) mass is 285 g/mol. The van der Waals surface area contributed by atoms with E-state index < -0.39 is 5.97 Å². The average molecular weight is 285 g/mol. The van der Waals surface area contributed by atoms with Gasteiger partial charge >= 0.3 is 5.97 Å². The number of hydrogen-bond acceptors (Lipinski definition) is 4. The Bertz CT molecular complexity index is 436. The number of halogens is 1. The van der Waals surface area contributed by atoms with Gasteiger partial charge in [-0.15, -0.1) is 11.8 Å². The van der Waals surface area contributed by atoms with Crippen molar-refractivity contribution in [2.75, 3.05) is 26.5 Å². The minimum Gasteiger partial charge on any atom is -0.468 e. The number of amides is 1. The van der Waals surface area contributed by atoms with Crippen molar-refractivity contribution < 1.29 is 18.7 Å². The van der Waals surface area contributed by atoms with Gasteiger partial charge in [-0.1, -0.05) is 12.1 Å². The highest BCUT2D eigenvalue weighted by Gasteiger charge is 2.12. The average Bonchev–Trinajstić information content (AvgIpc) is 2.40. The molecule has 0 bridgehead atoms.